The van der Waals surface area contributed by atoms with E-state index in [1.165, 1.54) is 29.5 Å². The Balaban J connectivity index is 1.73. The van der Waals surface area contributed by atoms with E-state index in [2.05, 4.69) is 4.98 Å². The predicted molar refractivity (Wildman–Crippen MR) is 96.3 cm³/mol. The number of carbonyl (C=O) groups is 1. The maximum Gasteiger partial charge on any atom is 0.345 e. The Hall–Kier alpha value is -3.26. The van der Waals surface area contributed by atoms with E-state index in [0.717, 1.165) is 10.6 Å². The van der Waals surface area contributed by atoms with Gasteiger partial charge in [0.05, 0.1) is 23.3 Å². The van der Waals surface area contributed by atoms with Crippen LogP contribution < -0.4 is 4.74 Å². The van der Waals surface area contributed by atoms with Gasteiger partial charge in [-0.2, -0.15) is 0 Å². The quantitative estimate of drug-likeness (QED) is 0.369. The lowest BCUT2D eigenvalue weighted by Gasteiger charge is -2.05. The van der Waals surface area contributed by atoms with Gasteiger partial charge >= 0.3 is 5.97 Å². The minimum Gasteiger partial charge on any atom is -0.496 e. The third kappa shape index (κ3) is 3.70. The number of nitrogens with zero attached hydrogens (tertiary/aromatic N) is 2. The van der Waals surface area contributed by atoms with E-state index >= 15 is 0 Å². The van der Waals surface area contributed by atoms with Crippen molar-refractivity contribution in [1.82, 2.24) is 4.98 Å². The van der Waals surface area contributed by atoms with Gasteiger partial charge in [0.25, 0.3) is 5.69 Å². The van der Waals surface area contributed by atoms with Crippen LogP contribution in [-0.2, 0) is 11.3 Å². The topological polar surface area (TPSA) is 91.6 Å². The van der Waals surface area contributed by atoms with E-state index in [0.29, 0.717) is 11.4 Å². The van der Waals surface area contributed by atoms with E-state index in [4.69, 9.17) is 9.47 Å². The molecular formula is C18H14N2O5S. The highest BCUT2D eigenvalue weighted by molar-refractivity contribution is 7.13. The van der Waals surface area contributed by atoms with Gasteiger partial charge in [0, 0.05) is 11.4 Å². The number of hydrogen-bond acceptors (Lipinski definition) is 7. The molecule has 3 rings (SSSR count). The lowest BCUT2D eigenvalue weighted by molar-refractivity contribution is -0.385. The number of aromatic nitrogens is 1. The number of nitro benzene ring substituents is 1. The summed E-state index contributed by atoms with van der Waals surface area (Å²) >= 11 is 1.40. The number of nitro groups is 1. The van der Waals surface area contributed by atoms with Gasteiger partial charge in [-0.15, -0.1) is 11.3 Å². The molecule has 132 valence electrons. The van der Waals surface area contributed by atoms with Gasteiger partial charge in [0.1, 0.15) is 22.9 Å². The Bertz CT molecular complexity index is 954. The van der Waals surface area contributed by atoms with Crippen LogP contribution in [0.25, 0.3) is 10.6 Å². The maximum absolute atomic E-state index is 12.1. The van der Waals surface area contributed by atoms with Crippen molar-refractivity contribution in [3.63, 3.8) is 0 Å². The molecule has 0 saturated heterocycles. The van der Waals surface area contributed by atoms with Gasteiger partial charge in [-0.05, 0) is 18.2 Å². The Morgan fingerprint density at radius 2 is 1.92 bits per heavy atom. The summed E-state index contributed by atoms with van der Waals surface area (Å²) in [6.45, 7) is -0.0729. The lowest BCUT2D eigenvalue weighted by Crippen LogP contribution is -2.08. The molecule has 0 aliphatic rings. The Labute approximate surface area is 153 Å². The van der Waals surface area contributed by atoms with Crippen molar-refractivity contribution in [2.24, 2.45) is 0 Å². The highest BCUT2D eigenvalue weighted by Gasteiger charge is 2.21. The van der Waals surface area contributed by atoms with Gasteiger partial charge in [0.15, 0.2) is 0 Å². The molecule has 0 spiro atoms. The Morgan fingerprint density at radius 1 is 1.19 bits per heavy atom. The largest absolute Gasteiger partial charge is 0.496 e. The highest BCUT2D eigenvalue weighted by Crippen LogP contribution is 2.32. The van der Waals surface area contributed by atoms with Crippen LogP contribution >= 0.6 is 11.3 Å². The molecule has 1 aromatic heterocycles. The molecule has 0 unspecified atom stereocenters. The summed E-state index contributed by atoms with van der Waals surface area (Å²) in [4.78, 5) is 27.0. The van der Waals surface area contributed by atoms with Crippen LogP contribution in [0.15, 0.2) is 53.9 Å². The zero-order valence-electron chi connectivity index (χ0n) is 13.7. The molecule has 7 nitrogen and oxygen atoms in total. The van der Waals surface area contributed by atoms with Crippen molar-refractivity contribution in [3.8, 4) is 16.3 Å². The van der Waals surface area contributed by atoms with Gasteiger partial charge in [0.2, 0.25) is 0 Å². The van der Waals surface area contributed by atoms with E-state index in [-0.39, 0.29) is 17.9 Å². The summed E-state index contributed by atoms with van der Waals surface area (Å²) < 4.78 is 10.5. The van der Waals surface area contributed by atoms with E-state index in [9.17, 15) is 14.9 Å². The molecule has 0 saturated carbocycles. The van der Waals surface area contributed by atoms with Crippen molar-refractivity contribution < 1.29 is 19.2 Å². The predicted octanol–water partition coefficient (Wildman–Crippen LogP) is 4.08. The number of rotatable bonds is 6. The van der Waals surface area contributed by atoms with Crippen LogP contribution in [0.2, 0.25) is 0 Å². The monoisotopic (exact) mass is 370 g/mol. The van der Waals surface area contributed by atoms with Gasteiger partial charge in [-0.25, -0.2) is 9.78 Å². The number of ether oxygens (including phenoxy) is 2. The van der Waals surface area contributed by atoms with Crippen LogP contribution in [0.5, 0.6) is 5.75 Å². The van der Waals surface area contributed by atoms with Gasteiger partial charge in [-0.3, -0.25) is 10.1 Å². The molecule has 8 heteroatoms. The SMILES string of the molecule is COc1ccccc1-c1nc(COC(=O)c2ccccc2[N+](=O)[O-])cs1. The molecule has 26 heavy (non-hydrogen) atoms. The molecule has 0 amide bonds. The van der Waals surface area contributed by atoms with Crippen LogP contribution in [0.3, 0.4) is 0 Å². The van der Waals surface area contributed by atoms with Gasteiger partial charge in [-0.1, -0.05) is 24.3 Å². The zero-order chi connectivity index (χ0) is 18.5. The molecular weight excluding hydrogens is 356 g/mol. The van der Waals surface area contributed by atoms with Crippen molar-refractivity contribution in [3.05, 3.63) is 75.3 Å². The first kappa shape index (κ1) is 17.6. The number of benzene rings is 2. The molecule has 0 bridgehead atoms. The van der Waals surface area contributed by atoms with Crippen molar-refractivity contribution in [1.29, 1.82) is 0 Å². The van der Waals surface area contributed by atoms with Crippen LogP contribution in [0, 0.1) is 10.1 Å². The third-order valence-electron chi connectivity index (χ3n) is 3.56. The first-order chi connectivity index (χ1) is 12.6. The molecule has 0 aliphatic heterocycles. The fraction of sp³-hybridized carbons (Fsp3) is 0.111. The number of hydrogen-bond donors (Lipinski definition) is 0. The fourth-order valence-electron chi connectivity index (χ4n) is 2.34. The second-order valence-corrected chi connectivity index (χ2v) is 6.05. The normalized spacial score (nSPS) is 10.3. The van der Waals surface area contributed by atoms with Crippen molar-refractivity contribution in [2.75, 3.05) is 7.11 Å². The standard InChI is InChI=1S/C18H14N2O5S/c1-24-16-9-5-3-7-14(16)17-19-12(11-26-17)10-25-18(21)13-6-2-4-8-15(13)20(22)23/h2-9,11H,10H2,1H3. The van der Waals surface area contributed by atoms with E-state index in [1.54, 1.807) is 18.6 Å². The highest BCUT2D eigenvalue weighted by atomic mass is 32.1. The van der Waals surface area contributed by atoms with Gasteiger partial charge < -0.3 is 9.47 Å². The average molecular weight is 370 g/mol. The second kappa shape index (κ2) is 7.75. The smallest absolute Gasteiger partial charge is 0.345 e. The molecule has 0 aliphatic carbocycles. The van der Waals surface area contributed by atoms with E-state index in [1.807, 2.05) is 24.3 Å². The number of carbonyl (C=O) groups excluding carboxylic acids is 1. The van der Waals surface area contributed by atoms with Crippen LogP contribution in [-0.4, -0.2) is 23.0 Å². The average Bonchev–Trinajstić information content (AvgIpc) is 3.14. The lowest BCUT2D eigenvalue weighted by atomic mass is 10.2. The van der Waals surface area contributed by atoms with E-state index < -0.39 is 10.9 Å². The fourth-order valence-corrected chi connectivity index (χ4v) is 3.17. The number of methoxy groups -OCH3 is 1. The zero-order valence-corrected chi connectivity index (χ0v) is 14.6. The van der Waals surface area contributed by atoms with Crippen LogP contribution in [0.4, 0.5) is 5.69 Å². The molecule has 0 radical (unpaired) electrons. The van der Waals surface area contributed by atoms with Crippen molar-refractivity contribution in [2.45, 2.75) is 6.61 Å². The number of para-hydroxylation sites is 2. The Morgan fingerprint density at radius 3 is 2.69 bits per heavy atom. The van der Waals surface area contributed by atoms with Crippen LogP contribution in [0.1, 0.15) is 16.1 Å². The summed E-state index contributed by atoms with van der Waals surface area (Å²) in [5.41, 5.74) is 1.03. The third-order valence-corrected chi connectivity index (χ3v) is 4.49. The first-order valence-electron chi connectivity index (χ1n) is 7.58. The minimum absolute atomic E-state index is 0.0729. The summed E-state index contributed by atoms with van der Waals surface area (Å²) in [7, 11) is 1.59. The second-order valence-electron chi connectivity index (χ2n) is 5.19. The Kier molecular flexibility index (Phi) is 5.23. The first-order valence-corrected chi connectivity index (χ1v) is 8.46. The molecule has 0 fully saturated rings. The number of thiazole rings is 1. The molecule has 1 heterocycles. The van der Waals surface area contributed by atoms with Crippen molar-refractivity contribution >= 4 is 23.0 Å². The summed E-state index contributed by atoms with van der Waals surface area (Å²) in [6.07, 6.45) is 0. The summed E-state index contributed by atoms with van der Waals surface area (Å²) in [6, 6.07) is 13.1. The minimum atomic E-state index is -0.760. The molecule has 2 aromatic carbocycles. The molecule has 0 N–H and O–H groups in total. The summed E-state index contributed by atoms with van der Waals surface area (Å²) in [5, 5.41) is 13.5. The summed E-state index contributed by atoms with van der Waals surface area (Å²) in [5.74, 6) is -0.0607. The maximum atomic E-state index is 12.1. The molecule has 3 aromatic rings. The number of esters is 1. The molecule has 0 atom stereocenters.